The van der Waals surface area contributed by atoms with Gasteiger partial charge in [-0.15, -0.1) is 0 Å². The minimum absolute atomic E-state index is 0.123. The fourth-order valence-electron chi connectivity index (χ4n) is 2.96. The number of fused-ring (bicyclic) bond motifs is 3. The Morgan fingerprint density at radius 1 is 1.25 bits per heavy atom. The van der Waals surface area contributed by atoms with Crippen molar-refractivity contribution in [2.75, 3.05) is 0 Å². The van der Waals surface area contributed by atoms with Gasteiger partial charge in [0.1, 0.15) is 6.10 Å². The highest BCUT2D eigenvalue weighted by Gasteiger charge is 2.36. The molecule has 16 heavy (non-hydrogen) atoms. The Morgan fingerprint density at radius 2 is 2.06 bits per heavy atom. The molecule has 0 saturated heterocycles. The molecule has 1 fully saturated rings. The Hall–Kier alpha value is -1.31. The van der Waals surface area contributed by atoms with Gasteiger partial charge in [0, 0.05) is 5.92 Å². The second-order valence-corrected chi connectivity index (χ2v) is 4.93. The van der Waals surface area contributed by atoms with Crippen LogP contribution in [0.5, 0.6) is 0 Å². The molecule has 1 aliphatic heterocycles. The Morgan fingerprint density at radius 3 is 2.94 bits per heavy atom. The van der Waals surface area contributed by atoms with Gasteiger partial charge in [-0.3, -0.25) is 0 Å². The quantitative estimate of drug-likeness (QED) is 0.622. The SMILES string of the molecule is Cc1ccc2c(c1)C(=O)O[C@@H]1CCCCC21. The molecule has 0 aromatic heterocycles. The molecule has 1 aromatic carbocycles. The van der Waals surface area contributed by atoms with Crippen molar-refractivity contribution in [3.05, 3.63) is 34.9 Å². The van der Waals surface area contributed by atoms with Crippen molar-refractivity contribution in [1.29, 1.82) is 0 Å². The highest BCUT2D eigenvalue weighted by Crippen LogP contribution is 2.40. The molecule has 1 unspecified atom stereocenters. The van der Waals surface area contributed by atoms with E-state index in [1.165, 1.54) is 18.4 Å². The predicted octanol–water partition coefficient (Wildman–Crippen LogP) is 3.19. The summed E-state index contributed by atoms with van der Waals surface area (Å²) in [5.41, 5.74) is 3.14. The van der Waals surface area contributed by atoms with Crippen LogP contribution >= 0.6 is 0 Å². The number of carbonyl (C=O) groups is 1. The fourth-order valence-corrected chi connectivity index (χ4v) is 2.96. The summed E-state index contributed by atoms with van der Waals surface area (Å²) in [5.74, 6) is 0.323. The first-order valence-electron chi connectivity index (χ1n) is 6.07. The number of esters is 1. The summed E-state index contributed by atoms with van der Waals surface area (Å²) in [6, 6.07) is 6.18. The normalized spacial score (nSPS) is 27.9. The molecule has 2 atom stereocenters. The topological polar surface area (TPSA) is 26.3 Å². The number of rotatable bonds is 0. The summed E-state index contributed by atoms with van der Waals surface area (Å²) in [6.07, 6.45) is 4.77. The van der Waals surface area contributed by atoms with Gasteiger partial charge in [0.05, 0.1) is 5.56 Å². The molecule has 0 N–H and O–H groups in total. The average molecular weight is 216 g/mol. The molecule has 1 aliphatic carbocycles. The molecule has 84 valence electrons. The van der Waals surface area contributed by atoms with Crippen LogP contribution in [0.15, 0.2) is 18.2 Å². The van der Waals surface area contributed by atoms with Crippen LogP contribution in [-0.2, 0) is 4.74 Å². The number of hydrogen-bond acceptors (Lipinski definition) is 2. The van der Waals surface area contributed by atoms with Crippen molar-refractivity contribution < 1.29 is 9.53 Å². The second kappa shape index (κ2) is 3.62. The van der Waals surface area contributed by atoms with Crippen LogP contribution in [0.3, 0.4) is 0 Å². The van der Waals surface area contributed by atoms with Crippen molar-refractivity contribution in [2.24, 2.45) is 0 Å². The van der Waals surface area contributed by atoms with Crippen LogP contribution in [0, 0.1) is 6.92 Å². The van der Waals surface area contributed by atoms with E-state index >= 15 is 0 Å². The van der Waals surface area contributed by atoms with E-state index in [1.807, 2.05) is 13.0 Å². The van der Waals surface area contributed by atoms with Crippen molar-refractivity contribution >= 4 is 5.97 Å². The smallest absolute Gasteiger partial charge is 0.338 e. The standard InChI is InChI=1S/C14H16O2/c1-9-6-7-10-11-4-2-3-5-13(11)16-14(15)12(10)8-9/h6-8,11,13H,2-5H2,1H3/t11?,13-/m1/s1. The summed E-state index contributed by atoms with van der Waals surface area (Å²) >= 11 is 0. The molecular formula is C14H16O2. The third-order valence-corrected chi connectivity index (χ3v) is 3.79. The first kappa shape index (κ1) is 9.88. The van der Waals surface area contributed by atoms with Gasteiger partial charge in [-0.1, -0.05) is 24.1 Å². The molecule has 2 heteroatoms. The molecule has 0 spiro atoms. The maximum absolute atomic E-state index is 11.9. The summed E-state index contributed by atoms with van der Waals surface area (Å²) in [5, 5.41) is 0. The summed E-state index contributed by atoms with van der Waals surface area (Å²) < 4.78 is 5.53. The molecule has 1 heterocycles. The van der Waals surface area contributed by atoms with Gasteiger partial charge >= 0.3 is 5.97 Å². The zero-order valence-electron chi connectivity index (χ0n) is 9.53. The molecular weight excluding hydrogens is 200 g/mol. The zero-order chi connectivity index (χ0) is 11.1. The Kier molecular flexibility index (Phi) is 2.23. The lowest BCUT2D eigenvalue weighted by Gasteiger charge is -2.36. The van der Waals surface area contributed by atoms with E-state index in [2.05, 4.69) is 12.1 Å². The molecule has 0 bridgehead atoms. The average Bonchev–Trinajstić information content (AvgIpc) is 2.29. The van der Waals surface area contributed by atoms with Gasteiger partial charge in [0.25, 0.3) is 0 Å². The largest absolute Gasteiger partial charge is 0.458 e. The van der Waals surface area contributed by atoms with Crippen LogP contribution in [0.2, 0.25) is 0 Å². The minimum atomic E-state index is -0.123. The Bertz CT molecular complexity index is 436. The minimum Gasteiger partial charge on any atom is -0.458 e. The Labute approximate surface area is 95.6 Å². The first-order valence-corrected chi connectivity index (χ1v) is 6.07. The predicted molar refractivity (Wildman–Crippen MR) is 61.6 cm³/mol. The van der Waals surface area contributed by atoms with Crippen LogP contribution in [0.1, 0.15) is 53.1 Å². The van der Waals surface area contributed by atoms with E-state index in [-0.39, 0.29) is 12.1 Å². The molecule has 1 aromatic rings. The van der Waals surface area contributed by atoms with Gasteiger partial charge < -0.3 is 4.74 Å². The highest BCUT2D eigenvalue weighted by atomic mass is 16.5. The highest BCUT2D eigenvalue weighted by molar-refractivity contribution is 5.92. The van der Waals surface area contributed by atoms with Crippen molar-refractivity contribution in [2.45, 2.75) is 44.6 Å². The van der Waals surface area contributed by atoms with E-state index in [0.29, 0.717) is 5.92 Å². The molecule has 0 radical (unpaired) electrons. The van der Waals surface area contributed by atoms with E-state index in [1.54, 1.807) is 0 Å². The summed E-state index contributed by atoms with van der Waals surface area (Å²) in [4.78, 5) is 11.9. The number of aryl methyl sites for hydroxylation is 1. The maximum atomic E-state index is 11.9. The van der Waals surface area contributed by atoms with Gasteiger partial charge in [0.2, 0.25) is 0 Å². The third-order valence-electron chi connectivity index (χ3n) is 3.79. The summed E-state index contributed by atoms with van der Waals surface area (Å²) in [6.45, 7) is 2.01. The zero-order valence-corrected chi connectivity index (χ0v) is 9.53. The van der Waals surface area contributed by atoms with Crippen LogP contribution in [0.25, 0.3) is 0 Å². The van der Waals surface area contributed by atoms with Gasteiger partial charge in [0.15, 0.2) is 0 Å². The molecule has 0 amide bonds. The lowest BCUT2D eigenvalue weighted by atomic mass is 9.78. The first-order chi connectivity index (χ1) is 7.75. The lowest BCUT2D eigenvalue weighted by molar-refractivity contribution is 0.00768. The molecule has 3 rings (SSSR count). The van der Waals surface area contributed by atoms with Crippen LogP contribution in [-0.4, -0.2) is 12.1 Å². The molecule has 2 nitrogen and oxygen atoms in total. The van der Waals surface area contributed by atoms with E-state index < -0.39 is 0 Å². The van der Waals surface area contributed by atoms with E-state index in [0.717, 1.165) is 24.0 Å². The van der Waals surface area contributed by atoms with Gasteiger partial charge in [-0.25, -0.2) is 4.79 Å². The lowest BCUT2D eigenvalue weighted by Crippen LogP contribution is -2.34. The number of hydrogen-bond donors (Lipinski definition) is 0. The molecule has 1 saturated carbocycles. The van der Waals surface area contributed by atoms with Crippen molar-refractivity contribution in [1.82, 2.24) is 0 Å². The van der Waals surface area contributed by atoms with Crippen LogP contribution in [0.4, 0.5) is 0 Å². The number of benzene rings is 1. The second-order valence-electron chi connectivity index (χ2n) is 4.93. The fraction of sp³-hybridized carbons (Fsp3) is 0.500. The Balaban J connectivity index is 2.08. The number of carbonyl (C=O) groups excluding carboxylic acids is 1. The monoisotopic (exact) mass is 216 g/mol. The third kappa shape index (κ3) is 1.44. The van der Waals surface area contributed by atoms with E-state index in [4.69, 9.17) is 4.74 Å². The van der Waals surface area contributed by atoms with Crippen LogP contribution < -0.4 is 0 Å². The van der Waals surface area contributed by atoms with Crippen molar-refractivity contribution in [3.8, 4) is 0 Å². The van der Waals surface area contributed by atoms with E-state index in [9.17, 15) is 4.79 Å². The maximum Gasteiger partial charge on any atom is 0.338 e. The van der Waals surface area contributed by atoms with Crippen molar-refractivity contribution in [3.63, 3.8) is 0 Å². The number of ether oxygens (including phenoxy) is 1. The molecule has 2 aliphatic rings. The van der Waals surface area contributed by atoms with Gasteiger partial charge in [-0.05, 0) is 37.8 Å². The van der Waals surface area contributed by atoms with Gasteiger partial charge in [-0.2, -0.15) is 0 Å². The summed E-state index contributed by atoms with van der Waals surface area (Å²) in [7, 11) is 0.